The maximum atomic E-state index is 12.2. The monoisotopic (exact) mass is 401 g/mol. The van der Waals surface area contributed by atoms with E-state index in [1.54, 1.807) is 0 Å². The molecule has 1 aromatic rings. The van der Waals surface area contributed by atoms with E-state index in [4.69, 9.17) is 5.73 Å². The van der Waals surface area contributed by atoms with Gasteiger partial charge in [0, 0.05) is 24.7 Å². The molecule has 2 aliphatic rings. The van der Waals surface area contributed by atoms with Crippen molar-refractivity contribution in [3.05, 3.63) is 29.8 Å². The number of hydrogen-bond acceptors (Lipinski definition) is 3. The molecule has 1 saturated heterocycles. The summed E-state index contributed by atoms with van der Waals surface area (Å²) >= 11 is 0. The first-order chi connectivity index (χ1) is 11.7. The Morgan fingerprint density at radius 1 is 1.04 bits per heavy atom. The zero-order valence-electron chi connectivity index (χ0n) is 15.5. The van der Waals surface area contributed by atoms with Gasteiger partial charge in [-0.15, -0.1) is 24.8 Å². The smallest absolute Gasteiger partial charge is 0.224 e. The minimum atomic E-state index is 0. The molecule has 148 valence electrons. The van der Waals surface area contributed by atoms with Crippen LogP contribution in [-0.4, -0.2) is 36.5 Å². The van der Waals surface area contributed by atoms with Gasteiger partial charge in [-0.3, -0.25) is 4.79 Å². The number of nitrogens with one attached hydrogen (secondary N) is 1. The van der Waals surface area contributed by atoms with Gasteiger partial charge in [-0.2, -0.15) is 0 Å². The molecule has 0 spiro atoms. The van der Waals surface area contributed by atoms with Gasteiger partial charge < -0.3 is 16.0 Å². The van der Waals surface area contributed by atoms with Crippen LogP contribution in [0.4, 0.5) is 5.69 Å². The average molecular weight is 402 g/mol. The molecular formula is C20H33Cl2N3O. The number of halogens is 2. The summed E-state index contributed by atoms with van der Waals surface area (Å²) in [5, 5.41) is 3.02. The molecule has 2 atom stereocenters. The van der Waals surface area contributed by atoms with Crippen molar-refractivity contribution in [1.82, 2.24) is 4.90 Å². The second kappa shape index (κ2) is 11.8. The molecule has 0 radical (unpaired) electrons. The third-order valence-corrected chi connectivity index (χ3v) is 5.57. The molecule has 6 heteroatoms. The van der Waals surface area contributed by atoms with Crippen LogP contribution in [0.5, 0.6) is 0 Å². The summed E-state index contributed by atoms with van der Waals surface area (Å²) in [5.41, 5.74) is 8.29. The maximum absolute atomic E-state index is 12.2. The lowest BCUT2D eigenvalue weighted by Gasteiger charge is -2.26. The Bertz CT molecular complexity index is 532. The van der Waals surface area contributed by atoms with Gasteiger partial charge in [0.1, 0.15) is 0 Å². The van der Waals surface area contributed by atoms with Crippen LogP contribution in [0.3, 0.4) is 0 Å². The largest absolute Gasteiger partial charge is 0.327 e. The third kappa shape index (κ3) is 7.07. The van der Waals surface area contributed by atoms with Crippen molar-refractivity contribution in [2.24, 2.45) is 11.7 Å². The van der Waals surface area contributed by atoms with Gasteiger partial charge in [-0.05, 0) is 68.8 Å². The molecular weight excluding hydrogens is 369 g/mol. The Labute approximate surface area is 170 Å². The minimum Gasteiger partial charge on any atom is -0.327 e. The fraction of sp³-hybridized carbons (Fsp3) is 0.650. The molecule has 1 aliphatic heterocycles. The summed E-state index contributed by atoms with van der Waals surface area (Å²) in [7, 11) is 0. The van der Waals surface area contributed by atoms with E-state index in [2.05, 4.69) is 22.3 Å². The van der Waals surface area contributed by atoms with Crippen molar-refractivity contribution in [2.75, 3.05) is 25.0 Å². The van der Waals surface area contributed by atoms with Gasteiger partial charge in [0.2, 0.25) is 5.91 Å². The molecule has 1 amide bonds. The van der Waals surface area contributed by atoms with E-state index in [-0.39, 0.29) is 36.8 Å². The molecule has 4 nitrogen and oxygen atoms in total. The predicted molar refractivity (Wildman–Crippen MR) is 113 cm³/mol. The van der Waals surface area contributed by atoms with Gasteiger partial charge in [-0.25, -0.2) is 0 Å². The molecule has 3 N–H and O–H groups in total. The van der Waals surface area contributed by atoms with Crippen molar-refractivity contribution in [1.29, 1.82) is 0 Å². The number of rotatable bonds is 6. The predicted octanol–water partition coefficient (Wildman–Crippen LogP) is 4.01. The summed E-state index contributed by atoms with van der Waals surface area (Å²) in [4.78, 5) is 14.7. The van der Waals surface area contributed by atoms with Crippen molar-refractivity contribution in [3.63, 3.8) is 0 Å². The van der Waals surface area contributed by atoms with Gasteiger partial charge in [0.15, 0.2) is 0 Å². The highest BCUT2D eigenvalue weighted by Crippen LogP contribution is 2.27. The van der Waals surface area contributed by atoms with Crippen molar-refractivity contribution in [2.45, 2.75) is 57.4 Å². The van der Waals surface area contributed by atoms with E-state index in [1.807, 2.05) is 12.1 Å². The van der Waals surface area contributed by atoms with Crippen LogP contribution < -0.4 is 11.1 Å². The van der Waals surface area contributed by atoms with Gasteiger partial charge in [-0.1, -0.05) is 25.0 Å². The van der Waals surface area contributed by atoms with E-state index in [1.165, 1.54) is 37.9 Å². The molecule has 3 rings (SSSR count). The lowest BCUT2D eigenvalue weighted by molar-refractivity contribution is -0.117. The van der Waals surface area contributed by atoms with E-state index in [9.17, 15) is 4.79 Å². The number of piperidine rings is 1. The summed E-state index contributed by atoms with van der Waals surface area (Å²) in [5.74, 6) is 0.451. The molecule has 0 unspecified atom stereocenters. The summed E-state index contributed by atoms with van der Waals surface area (Å²) in [6.45, 7) is 3.64. The van der Waals surface area contributed by atoms with Crippen LogP contribution >= 0.6 is 24.8 Å². The first kappa shape index (κ1) is 23.2. The molecule has 1 aromatic carbocycles. The first-order valence-electron chi connectivity index (χ1n) is 9.57. The van der Waals surface area contributed by atoms with Gasteiger partial charge >= 0.3 is 0 Å². The molecule has 0 bridgehead atoms. The summed E-state index contributed by atoms with van der Waals surface area (Å²) in [6, 6.07) is 8.53. The fourth-order valence-electron chi connectivity index (χ4n) is 3.99. The highest BCUT2D eigenvalue weighted by atomic mass is 35.5. The zero-order chi connectivity index (χ0) is 16.8. The van der Waals surface area contributed by atoms with Crippen LogP contribution in [-0.2, 0) is 11.2 Å². The minimum absolute atomic E-state index is 0. The molecule has 1 saturated carbocycles. The first-order valence-corrected chi connectivity index (χ1v) is 9.57. The molecule has 26 heavy (non-hydrogen) atoms. The third-order valence-electron chi connectivity index (χ3n) is 5.57. The van der Waals surface area contributed by atoms with Crippen LogP contribution in [0.25, 0.3) is 0 Å². The standard InChI is InChI=1S/C20H31N3O.2ClH/c21-19-6-4-5-17(19)15-20(24)22-18-9-7-16(8-10-18)11-14-23-12-2-1-3-13-23;;/h7-10,17,19H,1-6,11-15,21H2,(H,22,24);2*1H/t17-,19+;;/m0../s1. The number of carbonyl (C=O) groups is 1. The Hall–Kier alpha value is -0.810. The average Bonchev–Trinajstić information content (AvgIpc) is 3.00. The van der Waals surface area contributed by atoms with Crippen LogP contribution in [0, 0.1) is 5.92 Å². The van der Waals surface area contributed by atoms with Crippen molar-refractivity contribution < 1.29 is 4.79 Å². The number of hydrogen-bond donors (Lipinski definition) is 2. The fourth-order valence-corrected chi connectivity index (χ4v) is 3.99. The summed E-state index contributed by atoms with van der Waals surface area (Å²) in [6.07, 6.45) is 9.02. The molecule has 1 heterocycles. The Morgan fingerprint density at radius 2 is 1.73 bits per heavy atom. The number of nitrogens with zero attached hydrogens (tertiary/aromatic N) is 1. The number of carbonyl (C=O) groups excluding carboxylic acids is 1. The lowest BCUT2D eigenvalue weighted by atomic mass is 10.00. The van der Waals surface area contributed by atoms with E-state index >= 15 is 0 Å². The molecule has 0 aromatic heterocycles. The highest BCUT2D eigenvalue weighted by molar-refractivity contribution is 5.90. The Kier molecular flexibility index (Phi) is 10.6. The number of amides is 1. The van der Waals surface area contributed by atoms with E-state index < -0.39 is 0 Å². The quantitative estimate of drug-likeness (QED) is 0.756. The molecule has 1 aliphatic carbocycles. The Balaban J connectivity index is 0.00000169. The van der Waals surface area contributed by atoms with Crippen molar-refractivity contribution in [3.8, 4) is 0 Å². The number of benzene rings is 1. The zero-order valence-corrected chi connectivity index (χ0v) is 17.1. The van der Waals surface area contributed by atoms with Gasteiger partial charge in [0.05, 0.1) is 0 Å². The van der Waals surface area contributed by atoms with E-state index in [0.29, 0.717) is 12.3 Å². The normalized spacial score (nSPS) is 23.0. The second-order valence-electron chi connectivity index (χ2n) is 7.46. The number of nitrogens with two attached hydrogens (primary N) is 1. The highest BCUT2D eigenvalue weighted by Gasteiger charge is 2.25. The SMILES string of the molecule is Cl.Cl.N[C@@H]1CCC[C@H]1CC(=O)Nc1ccc(CCN2CCCCC2)cc1. The maximum Gasteiger partial charge on any atom is 0.224 e. The second-order valence-corrected chi connectivity index (χ2v) is 7.46. The Morgan fingerprint density at radius 3 is 2.35 bits per heavy atom. The van der Waals surface area contributed by atoms with Gasteiger partial charge in [0.25, 0.3) is 0 Å². The van der Waals surface area contributed by atoms with Crippen LogP contribution in [0.2, 0.25) is 0 Å². The number of anilines is 1. The topological polar surface area (TPSA) is 58.4 Å². The van der Waals surface area contributed by atoms with Crippen LogP contribution in [0.1, 0.15) is 50.5 Å². The van der Waals surface area contributed by atoms with E-state index in [0.717, 1.165) is 37.9 Å². The van der Waals surface area contributed by atoms with Crippen LogP contribution in [0.15, 0.2) is 24.3 Å². The molecule has 2 fully saturated rings. The number of likely N-dealkylation sites (tertiary alicyclic amines) is 1. The lowest BCUT2D eigenvalue weighted by Crippen LogP contribution is -2.31. The summed E-state index contributed by atoms with van der Waals surface area (Å²) < 4.78 is 0. The van der Waals surface area contributed by atoms with Crippen molar-refractivity contribution >= 4 is 36.4 Å².